The van der Waals surface area contributed by atoms with Crippen LogP contribution in [0.4, 0.5) is 0 Å². The topological polar surface area (TPSA) is 39.9 Å². The van der Waals surface area contributed by atoms with Crippen molar-refractivity contribution in [3.05, 3.63) is 48.8 Å². The smallest absolute Gasteiger partial charge is 0.0946 e. The van der Waals surface area contributed by atoms with E-state index in [0.29, 0.717) is 13.2 Å². The first-order valence-electron chi connectivity index (χ1n) is 4.87. The highest BCUT2D eigenvalue weighted by atomic mass is 16.5. The first-order chi connectivity index (χ1) is 7.45. The van der Waals surface area contributed by atoms with Crippen molar-refractivity contribution in [1.29, 1.82) is 0 Å². The summed E-state index contributed by atoms with van der Waals surface area (Å²) >= 11 is 0. The average Bonchev–Trinajstić information content (AvgIpc) is 2.79. The monoisotopic (exact) mass is 203 g/mol. The highest BCUT2D eigenvalue weighted by molar-refractivity contribution is 5.07. The average molecular weight is 203 g/mol. The molecule has 2 rings (SSSR count). The minimum absolute atomic E-state index is 0.636. The maximum Gasteiger partial charge on any atom is 0.0946 e. The second-order valence-corrected chi connectivity index (χ2v) is 3.21. The summed E-state index contributed by atoms with van der Waals surface area (Å²) in [5.41, 5.74) is 1.15. The minimum Gasteiger partial charge on any atom is -0.375 e. The molecule has 0 bridgehead atoms. The number of imidazole rings is 1. The van der Waals surface area contributed by atoms with Gasteiger partial charge < -0.3 is 9.30 Å². The number of ether oxygens (including phenoxy) is 1. The van der Waals surface area contributed by atoms with Crippen molar-refractivity contribution in [3.8, 4) is 0 Å². The standard InChI is InChI=1S/C11H13N3O/c1-3-12-4-2-11(1)9-15-8-7-14-6-5-13-10-14/h1-6,10H,7-9H2. The zero-order chi connectivity index (χ0) is 10.3. The molecular weight excluding hydrogens is 190 g/mol. The summed E-state index contributed by atoms with van der Waals surface area (Å²) in [6.07, 6.45) is 9.03. The number of pyridine rings is 1. The maximum absolute atomic E-state index is 5.52. The Balaban J connectivity index is 1.68. The van der Waals surface area contributed by atoms with Crippen LogP contribution in [0.25, 0.3) is 0 Å². The van der Waals surface area contributed by atoms with Crippen molar-refractivity contribution < 1.29 is 4.74 Å². The molecule has 0 spiro atoms. The molecule has 2 heterocycles. The van der Waals surface area contributed by atoms with Crippen molar-refractivity contribution in [2.75, 3.05) is 6.61 Å². The number of nitrogens with zero attached hydrogens (tertiary/aromatic N) is 3. The Kier molecular flexibility index (Phi) is 3.46. The van der Waals surface area contributed by atoms with E-state index in [2.05, 4.69) is 9.97 Å². The molecule has 0 unspecified atom stereocenters. The second-order valence-electron chi connectivity index (χ2n) is 3.21. The summed E-state index contributed by atoms with van der Waals surface area (Å²) in [5.74, 6) is 0. The molecule has 78 valence electrons. The van der Waals surface area contributed by atoms with Gasteiger partial charge in [0.2, 0.25) is 0 Å². The third kappa shape index (κ3) is 3.18. The molecule has 4 heteroatoms. The van der Waals surface area contributed by atoms with Crippen molar-refractivity contribution in [1.82, 2.24) is 14.5 Å². The van der Waals surface area contributed by atoms with Gasteiger partial charge in [0.1, 0.15) is 0 Å². The molecule has 0 radical (unpaired) electrons. The molecule has 0 aliphatic heterocycles. The molecule has 0 amide bonds. The zero-order valence-electron chi connectivity index (χ0n) is 8.41. The lowest BCUT2D eigenvalue weighted by Crippen LogP contribution is -2.04. The van der Waals surface area contributed by atoms with Crippen LogP contribution in [0.15, 0.2) is 43.2 Å². The Morgan fingerprint density at radius 1 is 1.13 bits per heavy atom. The molecule has 0 aromatic carbocycles. The van der Waals surface area contributed by atoms with Gasteiger partial charge in [-0.15, -0.1) is 0 Å². The fourth-order valence-corrected chi connectivity index (χ4v) is 1.26. The highest BCUT2D eigenvalue weighted by Crippen LogP contribution is 1.98. The van der Waals surface area contributed by atoms with E-state index in [1.54, 1.807) is 24.9 Å². The van der Waals surface area contributed by atoms with Gasteiger partial charge in [0, 0.05) is 31.3 Å². The Morgan fingerprint density at radius 3 is 2.73 bits per heavy atom. The summed E-state index contributed by atoms with van der Waals surface area (Å²) in [6, 6.07) is 3.91. The predicted molar refractivity (Wildman–Crippen MR) is 56.1 cm³/mol. The van der Waals surface area contributed by atoms with Gasteiger partial charge in [-0.05, 0) is 17.7 Å². The van der Waals surface area contributed by atoms with Crippen molar-refractivity contribution in [3.63, 3.8) is 0 Å². The molecule has 0 N–H and O–H groups in total. The van der Waals surface area contributed by atoms with Crippen molar-refractivity contribution in [2.24, 2.45) is 0 Å². The maximum atomic E-state index is 5.52. The Labute approximate surface area is 88.6 Å². The van der Waals surface area contributed by atoms with E-state index in [0.717, 1.165) is 12.1 Å². The largest absolute Gasteiger partial charge is 0.375 e. The van der Waals surface area contributed by atoms with E-state index in [-0.39, 0.29) is 0 Å². The molecule has 4 nitrogen and oxygen atoms in total. The van der Waals surface area contributed by atoms with Gasteiger partial charge in [-0.25, -0.2) is 4.98 Å². The first kappa shape index (κ1) is 9.86. The molecular formula is C11H13N3O. The van der Waals surface area contributed by atoms with Crippen LogP contribution in [0, 0.1) is 0 Å². The lowest BCUT2D eigenvalue weighted by molar-refractivity contribution is 0.113. The number of hydrogen-bond donors (Lipinski definition) is 0. The summed E-state index contributed by atoms with van der Waals surface area (Å²) in [5, 5.41) is 0. The summed E-state index contributed by atoms with van der Waals surface area (Å²) in [4.78, 5) is 7.90. The van der Waals surface area contributed by atoms with Crippen LogP contribution in [0.1, 0.15) is 5.56 Å². The normalized spacial score (nSPS) is 10.4. The highest BCUT2D eigenvalue weighted by Gasteiger charge is 1.93. The van der Waals surface area contributed by atoms with E-state index in [1.165, 1.54) is 0 Å². The summed E-state index contributed by atoms with van der Waals surface area (Å²) < 4.78 is 7.51. The van der Waals surface area contributed by atoms with Gasteiger partial charge in [0.15, 0.2) is 0 Å². The van der Waals surface area contributed by atoms with Crippen molar-refractivity contribution in [2.45, 2.75) is 13.2 Å². The molecule has 0 aliphatic carbocycles. The fourth-order valence-electron chi connectivity index (χ4n) is 1.26. The van der Waals surface area contributed by atoms with Gasteiger partial charge in [0.25, 0.3) is 0 Å². The summed E-state index contributed by atoms with van der Waals surface area (Å²) in [6.45, 7) is 2.17. The first-order valence-corrected chi connectivity index (χ1v) is 4.87. The quantitative estimate of drug-likeness (QED) is 0.691. The molecule has 0 saturated carbocycles. The van der Waals surface area contributed by atoms with E-state index in [1.807, 2.05) is 22.9 Å². The lowest BCUT2D eigenvalue weighted by Gasteiger charge is -2.04. The molecule has 0 atom stereocenters. The molecule has 0 saturated heterocycles. The third-order valence-corrected chi connectivity index (χ3v) is 2.07. The van der Waals surface area contributed by atoms with Crippen LogP contribution in [-0.2, 0) is 17.9 Å². The minimum atomic E-state index is 0.636. The zero-order valence-corrected chi connectivity index (χ0v) is 8.41. The van der Waals surface area contributed by atoms with Crippen LogP contribution in [-0.4, -0.2) is 21.1 Å². The van der Waals surface area contributed by atoms with Gasteiger partial charge in [-0.2, -0.15) is 0 Å². The molecule has 2 aromatic rings. The molecule has 15 heavy (non-hydrogen) atoms. The van der Waals surface area contributed by atoms with Crippen molar-refractivity contribution >= 4 is 0 Å². The van der Waals surface area contributed by atoms with Crippen LogP contribution in [0.5, 0.6) is 0 Å². The second kappa shape index (κ2) is 5.26. The van der Waals surface area contributed by atoms with E-state index in [4.69, 9.17) is 4.74 Å². The predicted octanol–water partition coefficient (Wildman–Crippen LogP) is 1.49. The lowest BCUT2D eigenvalue weighted by atomic mass is 10.3. The van der Waals surface area contributed by atoms with Gasteiger partial charge in [-0.3, -0.25) is 4.98 Å². The van der Waals surface area contributed by atoms with Gasteiger partial charge in [0.05, 0.1) is 19.5 Å². The van der Waals surface area contributed by atoms with Crippen LogP contribution in [0.3, 0.4) is 0 Å². The SMILES string of the molecule is c1cc(COCCn2ccnc2)ccn1. The van der Waals surface area contributed by atoms with Crippen LogP contribution >= 0.6 is 0 Å². The van der Waals surface area contributed by atoms with Gasteiger partial charge >= 0.3 is 0 Å². The Bertz CT molecular complexity index is 372. The van der Waals surface area contributed by atoms with Crippen LogP contribution < -0.4 is 0 Å². The summed E-state index contributed by atoms with van der Waals surface area (Å²) in [7, 11) is 0. The fraction of sp³-hybridized carbons (Fsp3) is 0.273. The number of rotatable bonds is 5. The Morgan fingerprint density at radius 2 is 2.00 bits per heavy atom. The molecule has 0 fully saturated rings. The van der Waals surface area contributed by atoms with E-state index >= 15 is 0 Å². The molecule has 2 aromatic heterocycles. The van der Waals surface area contributed by atoms with Crippen LogP contribution in [0.2, 0.25) is 0 Å². The molecule has 0 aliphatic rings. The number of aromatic nitrogens is 3. The number of hydrogen-bond acceptors (Lipinski definition) is 3. The Hall–Kier alpha value is -1.68. The van der Waals surface area contributed by atoms with Gasteiger partial charge in [-0.1, -0.05) is 0 Å². The third-order valence-electron chi connectivity index (χ3n) is 2.07. The van der Waals surface area contributed by atoms with E-state index in [9.17, 15) is 0 Å². The van der Waals surface area contributed by atoms with E-state index < -0.39 is 0 Å².